The average molecular weight is 445 g/mol. The zero-order valence-corrected chi connectivity index (χ0v) is 18.6. The summed E-state index contributed by atoms with van der Waals surface area (Å²) in [6.07, 6.45) is 1.60. The Morgan fingerprint density at radius 3 is 2.39 bits per heavy atom. The topological polar surface area (TPSA) is 66.9 Å². The lowest BCUT2D eigenvalue weighted by molar-refractivity contribution is 0.0187. The number of nitrogens with zero attached hydrogens (tertiary/aromatic N) is 3. The predicted molar refractivity (Wildman–Crippen MR) is 121 cm³/mol. The molecule has 8 heteroatoms. The summed E-state index contributed by atoms with van der Waals surface area (Å²) >= 11 is 6.49. The average Bonchev–Trinajstić information content (AvgIpc) is 2.82. The standard InChI is InChI=1S/C23H29ClN4O3/c1-17-2-4-18(5-3-17)21(27-6-10-30-11-7-27)16-26-22-20(24)14-19(15-25-22)23(29)28-8-12-31-13-9-28/h2-5,14-15,21H,6-13,16H2,1H3,(H,25,26). The van der Waals surface area contributed by atoms with Gasteiger partial charge in [-0.15, -0.1) is 0 Å². The van der Waals surface area contributed by atoms with E-state index in [1.165, 1.54) is 11.1 Å². The number of amides is 1. The number of aryl methyl sites for hydroxylation is 1. The number of ether oxygens (including phenoxy) is 2. The van der Waals surface area contributed by atoms with Crippen LogP contribution in [0.25, 0.3) is 0 Å². The molecule has 1 aromatic carbocycles. The van der Waals surface area contributed by atoms with E-state index in [0.29, 0.717) is 49.3 Å². The molecule has 3 heterocycles. The number of carbonyl (C=O) groups excluding carboxylic acids is 1. The maximum absolute atomic E-state index is 12.7. The van der Waals surface area contributed by atoms with Crippen molar-refractivity contribution in [2.24, 2.45) is 0 Å². The van der Waals surface area contributed by atoms with Crippen LogP contribution in [-0.2, 0) is 9.47 Å². The fourth-order valence-corrected chi connectivity index (χ4v) is 4.20. The van der Waals surface area contributed by atoms with Crippen LogP contribution in [0, 0.1) is 6.92 Å². The van der Waals surface area contributed by atoms with Gasteiger partial charge in [-0.2, -0.15) is 0 Å². The first-order valence-corrected chi connectivity index (χ1v) is 11.1. The van der Waals surface area contributed by atoms with Gasteiger partial charge in [0.1, 0.15) is 5.82 Å². The molecule has 4 rings (SSSR count). The minimum absolute atomic E-state index is 0.0601. The number of anilines is 1. The monoisotopic (exact) mass is 444 g/mol. The van der Waals surface area contributed by atoms with Gasteiger partial charge in [0.25, 0.3) is 5.91 Å². The Balaban J connectivity index is 1.46. The first-order valence-electron chi connectivity index (χ1n) is 10.8. The molecule has 2 aliphatic rings. The third kappa shape index (κ3) is 5.54. The summed E-state index contributed by atoms with van der Waals surface area (Å²) in [6.45, 7) is 8.30. The first-order chi connectivity index (χ1) is 15.1. The molecule has 1 N–H and O–H groups in total. The van der Waals surface area contributed by atoms with Crippen LogP contribution in [0.15, 0.2) is 36.5 Å². The van der Waals surface area contributed by atoms with Gasteiger partial charge in [0.2, 0.25) is 0 Å². The maximum Gasteiger partial charge on any atom is 0.255 e. The molecule has 1 amide bonds. The maximum atomic E-state index is 12.7. The van der Waals surface area contributed by atoms with Crippen LogP contribution in [-0.4, -0.2) is 79.8 Å². The van der Waals surface area contributed by atoms with Crippen molar-refractivity contribution in [1.82, 2.24) is 14.8 Å². The van der Waals surface area contributed by atoms with E-state index in [-0.39, 0.29) is 11.9 Å². The Bertz CT molecular complexity index is 881. The number of halogens is 1. The van der Waals surface area contributed by atoms with Crippen molar-refractivity contribution >= 4 is 23.3 Å². The lowest BCUT2D eigenvalue weighted by Gasteiger charge is -2.35. The number of hydrogen-bond acceptors (Lipinski definition) is 6. The van der Waals surface area contributed by atoms with Crippen molar-refractivity contribution in [2.45, 2.75) is 13.0 Å². The highest BCUT2D eigenvalue weighted by Gasteiger charge is 2.24. The van der Waals surface area contributed by atoms with Crippen LogP contribution in [0.4, 0.5) is 5.82 Å². The van der Waals surface area contributed by atoms with Gasteiger partial charge < -0.3 is 19.7 Å². The Morgan fingerprint density at radius 2 is 1.74 bits per heavy atom. The van der Waals surface area contributed by atoms with E-state index in [0.717, 1.165) is 26.3 Å². The summed E-state index contributed by atoms with van der Waals surface area (Å²) in [7, 11) is 0. The van der Waals surface area contributed by atoms with E-state index < -0.39 is 0 Å². The minimum Gasteiger partial charge on any atom is -0.379 e. The summed E-state index contributed by atoms with van der Waals surface area (Å²) in [4.78, 5) is 21.3. The number of aromatic nitrogens is 1. The summed E-state index contributed by atoms with van der Waals surface area (Å²) in [5, 5.41) is 3.85. The van der Waals surface area contributed by atoms with E-state index >= 15 is 0 Å². The second kappa shape index (κ2) is 10.4. The summed E-state index contributed by atoms with van der Waals surface area (Å²) in [5.41, 5.74) is 2.98. The van der Waals surface area contributed by atoms with Crippen LogP contribution in [0.5, 0.6) is 0 Å². The summed E-state index contributed by atoms with van der Waals surface area (Å²) in [5.74, 6) is 0.528. The molecule has 2 fully saturated rings. The Kier molecular flexibility index (Phi) is 7.40. The molecule has 1 aromatic heterocycles. The second-order valence-electron chi connectivity index (χ2n) is 7.91. The Labute approximate surface area is 188 Å². The van der Waals surface area contributed by atoms with Gasteiger partial charge in [0.15, 0.2) is 0 Å². The van der Waals surface area contributed by atoms with Crippen LogP contribution >= 0.6 is 11.6 Å². The quantitative estimate of drug-likeness (QED) is 0.738. The predicted octanol–water partition coefficient (Wildman–Crippen LogP) is 3.00. The van der Waals surface area contributed by atoms with Crippen molar-refractivity contribution in [3.63, 3.8) is 0 Å². The second-order valence-corrected chi connectivity index (χ2v) is 8.32. The summed E-state index contributed by atoms with van der Waals surface area (Å²) < 4.78 is 10.9. The van der Waals surface area contributed by atoms with Crippen LogP contribution in [0.2, 0.25) is 5.02 Å². The normalized spacial score (nSPS) is 18.6. The molecular formula is C23H29ClN4O3. The van der Waals surface area contributed by atoms with Crippen LogP contribution < -0.4 is 5.32 Å². The lowest BCUT2D eigenvalue weighted by atomic mass is 10.0. The molecule has 0 bridgehead atoms. The SMILES string of the molecule is Cc1ccc(C(CNc2ncc(C(=O)N3CCOCC3)cc2Cl)N2CCOCC2)cc1. The van der Waals surface area contributed by atoms with E-state index in [1.807, 2.05) is 0 Å². The van der Waals surface area contributed by atoms with Gasteiger partial charge in [-0.3, -0.25) is 9.69 Å². The largest absolute Gasteiger partial charge is 0.379 e. The van der Waals surface area contributed by atoms with Crippen molar-refractivity contribution in [1.29, 1.82) is 0 Å². The van der Waals surface area contributed by atoms with Gasteiger partial charge in [-0.1, -0.05) is 41.4 Å². The lowest BCUT2D eigenvalue weighted by Crippen LogP contribution is -2.41. The molecule has 2 aliphatic heterocycles. The van der Waals surface area contributed by atoms with Gasteiger partial charge in [0.05, 0.1) is 43.1 Å². The summed E-state index contributed by atoms with van der Waals surface area (Å²) in [6, 6.07) is 10.5. The van der Waals surface area contributed by atoms with E-state index in [1.54, 1.807) is 17.2 Å². The highest BCUT2D eigenvalue weighted by Crippen LogP contribution is 2.26. The van der Waals surface area contributed by atoms with Gasteiger partial charge in [-0.05, 0) is 18.6 Å². The molecule has 1 unspecified atom stereocenters. The minimum atomic E-state index is -0.0601. The molecule has 0 radical (unpaired) electrons. The van der Waals surface area contributed by atoms with Crippen molar-refractivity contribution < 1.29 is 14.3 Å². The van der Waals surface area contributed by atoms with Gasteiger partial charge >= 0.3 is 0 Å². The van der Waals surface area contributed by atoms with Gasteiger partial charge in [0, 0.05) is 38.9 Å². The van der Waals surface area contributed by atoms with Crippen molar-refractivity contribution in [2.75, 3.05) is 64.5 Å². The smallest absolute Gasteiger partial charge is 0.255 e. The molecule has 0 spiro atoms. The molecule has 0 saturated carbocycles. The number of hydrogen-bond donors (Lipinski definition) is 1. The zero-order valence-electron chi connectivity index (χ0n) is 17.8. The molecule has 1 atom stereocenters. The van der Waals surface area contributed by atoms with Crippen LogP contribution in [0.1, 0.15) is 27.5 Å². The molecule has 2 aromatic rings. The zero-order chi connectivity index (χ0) is 21.6. The van der Waals surface area contributed by atoms with Crippen LogP contribution in [0.3, 0.4) is 0 Å². The molecule has 0 aliphatic carbocycles. The number of nitrogens with one attached hydrogen (secondary N) is 1. The first kappa shape index (κ1) is 22.0. The number of pyridine rings is 1. The third-order valence-corrected chi connectivity index (χ3v) is 6.09. The Hall–Kier alpha value is -2.19. The van der Waals surface area contributed by atoms with Gasteiger partial charge in [-0.25, -0.2) is 4.98 Å². The number of carbonyl (C=O) groups is 1. The molecular weight excluding hydrogens is 416 g/mol. The molecule has 166 valence electrons. The van der Waals surface area contributed by atoms with Crippen molar-refractivity contribution in [3.8, 4) is 0 Å². The Morgan fingerprint density at radius 1 is 1.10 bits per heavy atom. The van der Waals surface area contributed by atoms with E-state index in [4.69, 9.17) is 21.1 Å². The van der Waals surface area contributed by atoms with E-state index in [9.17, 15) is 4.79 Å². The number of morpholine rings is 2. The number of rotatable bonds is 6. The highest BCUT2D eigenvalue weighted by molar-refractivity contribution is 6.33. The third-order valence-electron chi connectivity index (χ3n) is 5.80. The van der Waals surface area contributed by atoms with Crippen molar-refractivity contribution in [3.05, 3.63) is 58.2 Å². The fourth-order valence-electron chi connectivity index (χ4n) is 3.96. The molecule has 2 saturated heterocycles. The fraction of sp³-hybridized carbons (Fsp3) is 0.478. The number of benzene rings is 1. The molecule has 31 heavy (non-hydrogen) atoms. The van der Waals surface area contributed by atoms with E-state index in [2.05, 4.69) is 46.4 Å². The highest BCUT2D eigenvalue weighted by atomic mass is 35.5. The molecule has 7 nitrogen and oxygen atoms in total.